The van der Waals surface area contributed by atoms with Crippen LogP contribution in [0.25, 0.3) is 5.69 Å². The molecule has 0 saturated heterocycles. The highest BCUT2D eigenvalue weighted by atomic mass is 16.1. The van der Waals surface area contributed by atoms with E-state index in [1.54, 1.807) is 29.3 Å². The van der Waals surface area contributed by atoms with Gasteiger partial charge in [-0.05, 0) is 18.2 Å². The van der Waals surface area contributed by atoms with Gasteiger partial charge in [-0.15, -0.1) is 0 Å². The van der Waals surface area contributed by atoms with Crippen molar-refractivity contribution in [2.24, 2.45) is 0 Å². The van der Waals surface area contributed by atoms with E-state index in [1.165, 1.54) is 0 Å². The predicted molar refractivity (Wildman–Crippen MR) is 46.7 cm³/mol. The summed E-state index contributed by atoms with van der Waals surface area (Å²) in [5.74, 6) is 0. The largest absolute Gasteiger partial charge is 0.296 e. The summed E-state index contributed by atoms with van der Waals surface area (Å²) in [6.07, 6.45) is 5.81. The minimum atomic E-state index is 0.420. The smallest absolute Gasteiger partial charge is 0.170 e. The van der Waals surface area contributed by atoms with Gasteiger partial charge in [-0.25, -0.2) is 4.68 Å². The molecule has 0 fully saturated rings. The van der Waals surface area contributed by atoms with Gasteiger partial charge < -0.3 is 0 Å². The van der Waals surface area contributed by atoms with Crippen LogP contribution in [-0.2, 0) is 0 Å². The summed E-state index contributed by atoms with van der Waals surface area (Å²) < 4.78 is 1.61. The number of aromatic nitrogens is 3. The summed E-state index contributed by atoms with van der Waals surface area (Å²) >= 11 is 0. The first-order chi connectivity index (χ1) is 6.40. The van der Waals surface area contributed by atoms with Crippen molar-refractivity contribution in [2.45, 2.75) is 0 Å². The van der Waals surface area contributed by atoms with Gasteiger partial charge in [0.15, 0.2) is 6.29 Å². The fraction of sp³-hybridized carbons (Fsp3) is 0. The van der Waals surface area contributed by atoms with Crippen molar-refractivity contribution >= 4 is 6.29 Å². The second-order valence-corrected chi connectivity index (χ2v) is 2.51. The zero-order chi connectivity index (χ0) is 9.10. The quantitative estimate of drug-likeness (QED) is 0.638. The molecule has 4 heteroatoms. The maximum Gasteiger partial charge on any atom is 0.170 e. The van der Waals surface area contributed by atoms with Gasteiger partial charge in [0.25, 0.3) is 0 Å². The van der Waals surface area contributed by atoms with Crippen LogP contribution in [0, 0.1) is 0 Å². The molecule has 4 nitrogen and oxygen atoms in total. The lowest BCUT2D eigenvalue weighted by Gasteiger charge is -1.97. The van der Waals surface area contributed by atoms with E-state index in [2.05, 4.69) is 10.1 Å². The molecule has 0 bridgehead atoms. The molecule has 0 aliphatic rings. The number of rotatable bonds is 2. The number of nitrogens with zero attached hydrogens (tertiary/aromatic N) is 3. The lowest BCUT2D eigenvalue weighted by molar-refractivity contribution is 0.111. The molecular weight excluding hydrogens is 166 g/mol. The SMILES string of the molecule is O=Cc1ccn(-c2cccnc2)n1. The number of carbonyl (C=O) groups excluding carboxylic acids is 1. The van der Waals surface area contributed by atoms with Crippen molar-refractivity contribution in [3.63, 3.8) is 0 Å². The van der Waals surface area contributed by atoms with Crippen LogP contribution in [0.4, 0.5) is 0 Å². The zero-order valence-corrected chi connectivity index (χ0v) is 6.79. The monoisotopic (exact) mass is 173 g/mol. The van der Waals surface area contributed by atoms with Crippen molar-refractivity contribution in [1.29, 1.82) is 0 Å². The third-order valence-corrected chi connectivity index (χ3v) is 1.64. The van der Waals surface area contributed by atoms with Gasteiger partial charge in [0, 0.05) is 12.4 Å². The topological polar surface area (TPSA) is 47.8 Å². The summed E-state index contributed by atoms with van der Waals surface area (Å²) in [4.78, 5) is 14.3. The maximum atomic E-state index is 10.4. The van der Waals surface area contributed by atoms with Gasteiger partial charge in [-0.2, -0.15) is 5.10 Å². The molecular formula is C9H7N3O. The van der Waals surface area contributed by atoms with Crippen LogP contribution in [0.3, 0.4) is 0 Å². The average molecular weight is 173 g/mol. The van der Waals surface area contributed by atoms with Crippen LogP contribution in [0.1, 0.15) is 10.5 Å². The minimum absolute atomic E-state index is 0.420. The Kier molecular flexibility index (Phi) is 1.88. The van der Waals surface area contributed by atoms with Crippen molar-refractivity contribution < 1.29 is 4.79 Å². The molecule has 0 radical (unpaired) electrons. The molecule has 0 unspecified atom stereocenters. The van der Waals surface area contributed by atoms with Gasteiger partial charge in [0.1, 0.15) is 5.69 Å². The molecule has 0 spiro atoms. The normalized spacial score (nSPS) is 9.85. The average Bonchev–Trinajstić information content (AvgIpc) is 2.67. The third kappa shape index (κ3) is 1.46. The lowest BCUT2D eigenvalue weighted by atomic mass is 10.4. The lowest BCUT2D eigenvalue weighted by Crippen LogP contribution is -1.95. The van der Waals surface area contributed by atoms with Crippen molar-refractivity contribution in [1.82, 2.24) is 14.8 Å². The predicted octanol–water partition coefficient (Wildman–Crippen LogP) is 1.08. The summed E-state index contributed by atoms with van der Waals surface area (Å²) in [6.45, 7) is 0. The summed E-state index contributed by atoms with van der Waals surface area (Å²) in [5, 5.41) is 4.01. The maximum absolute atomic E-state index is 10.4. The molecule has 0 saturated carbocycles. The Balaban J connectivity index is 2.41. The molecule has 2 rings (SSSR count). The van der Waals surface area contributed by atoms with E-state index in [-0.39, 0.29) is 0 Å². The number of hydrogen-bond acceptors (Lipinski definition) is 3. The van der Waals surface area contributed by atoms with Gasteiger partial charge >= 0.3 is 0 Å². The van der Waals surface area contributed by atoms with E-state index < -0.39 is 0 Å². The van der Waals surface area contributed by atoms with E-state index >= 15 is 0 Å². The standard InChI is InChI=1S/C9H7N3O/c13-7-8-3-5-12(11-8)9-2-1-4-10-6-9/h1-7H. The van der Waals surface area contributed by atoms with Crippen molar-refractivity contribution in [2.75, 3.05) is 0 Å². The Hall–Kier alpha value is -1.97. The van der Waals surface area contributed by atoms with Gasteiger partial charge in [0.05, 0.1) is 11.9 Å². The molecule has 0 N–H and O–H groups in total. The first-order valence-electron chi connectivity index (χ1n) is 3.81. The summed E-state index contributed by atoms with van der Waals surface area (Å²) in [5.41, 5.74) is 1.26. The van der Waals surface area contributed by atoms with E-state index in [1.807, 2.05) is 12.1 Å². The fourth-order valence-corrected chi connectivity index (χ4v) is 1.03. The highest BCUT2D eigenvalue weighted by Crippen LogP contribution is 2.03. The second-order valence-electron chi connectivity index (χ2n) is 2.51. The molecule has 0 atom stereocenters. The van der Waals surface area contributed by atoms with Gasteiger partial charge in [-0.1, -0.05) is 0 Å². The number of carbonyl (C=O) groups is 1. The number of pyridine rings is 1. The molecule has 2 aromatic rings. The van der Waals surface area contributed by atoms with Crippen molar-refractivity contribution in [3.05, 3.63) is 42.5 Å². The first-order valence-corrected chi connectivity index (χ1v) is 3.81. The Bertz CT molecular complexity index is 408. The van der Waals surface area contributed by atoms with Gasteiger partial charge in [-0.3, -0.25) is 9.78 Å². The molecule has 0 aromatic carbocycles. The van der Waals surface area contributed by atoms with E-state index in [4.69, 9.17) is 0 Å². The second kappa shape index (κ2) is 3.18. The molecule has 0 aliphatic carbocycles. The first kappa shape index (κ1) is 7.67. The number of hydrogen-bond donors (Lipinski definition) is 0. The highest BCUT2D eigenvalue weighted by molar-refractivity contribution is 5.71. The Morgan fingerprint density at radius 1 is 1.38 bits per heavy atom. The van der Waals surface area contributed by atoms with Crippen LogP contribution in [-0.4, -0.2) is 21.1 Å². The third-order valence-electron chi connectivity index (χ3n) is 1.64. The number of aldehydes is 1. The Morgan fingerprint density at radius 3 is 2.92 bits per heavy atom. The highest BCUT2D eigenvalue weighted by Gasteiger charge is 1.98. The van der Waals surface area contributed by atoms with Crippen LogP contribution < -0.4 is 0 Å². The van der Waals surface area contributed by atoms with E-state index in [0.717, 1.165) is 5.69 Å². The summed E-state index contributed by atoms with van der Waals surface area (Å²) in [6, 6.07) is 5.34. The van der Waals surface area contributed by atoms with Crippen LogP contribution in [0.5, 0.6) is 0 Å². The molecule has 0 amide bonds. The van der Waals surface area contributed by atoms with Crippen LogP contribution in [0.15, 0.2) is 36.8 Å². The van der Waals surface area contributed by atoms with Crippen LogP contribution in [0.2, 0.25) is 0 Å². The molecule has 64 valence electrons. The van der Waals surface area contributed by atoms with Crippen LogP contribution >= 0.6 is 0 Å². The zero-order valence-electron chi connectivity index (χ0n) is 6.79. The molecule has 13 heavy (non-hydrogen) atoms. The fourth-order valence-electron chi connectivity index (χ4n) is 1.03. The molecule has 2 heterocycles. The minimum Gasteiger partial charge on any atom is -0.296 e. The summed E-state index contributed by atoms with van der Waals surface area (Å²) in [7, 11) is 0. The Morgan fingerprint density at radius 2 is 2.31 bits per heavy atom. The Labute approximate surface area is 74.8 Å². The van der Waals surface area contributed by atoms with E-state index in [0.29, 0.717) is 12.0 Å². The van der Waals surface area contributed by atoms with E-state index in [9.17, 15) is 4.79 Å². The molecule has 2 aromatic heterocycles. The molecule has 0 aliphatic heterocycles. The van der Waals surface area contributed by atoms with Crippen molar-refractivity contribution in [3.8, 4) is 5.69 Å². The van der Waals surface area contributed by atoms with Gasteiger partial charge in [0.2, 0.25) is 0 Å².